The molecule has 0 saturated carbocycles. The van der Waals surface area contributed by atoms with E-state index < -0.39 is 35.5 Å². The number of rotatable bonds is 6. The molecule has 0 aromatic heterocycles. The maximum atomic E-state index is 15.2. The SMILES string of the molecule is O=C1CCC(N2C(=O)c3cccc(OCc4cccc(CN5CCOCC5)c4F)c3C2(O)O)C(=O)N1. The highest BCUT2D eigenvalue weighted by Crippen LogP contribution is 2.43. The molecule has 2 fully saturated rings. The molecule has 190 valence electrons. The average Bonchev–Trinajstić information content (AvgIpc) is 3.06. The fourth-order valence-corrected chi connectivity index (χ4v) is 4.88. The number of piperidine rings is 1. The number of morpholine rings is 1. The molecule has 2 aromatic carbocycles. The van der Waals surface area contributed by atoms with E-state index in [0.29, 0.717) is 43.3 Å². The number of halogens is 1. The molecule has 36 heavy (non-hydrogen) atoms. The van der Waals surface area contributed by atoms with E-state index in [1.54, 1.807) is 18.2 Å². The predicted octanol–water partition coefficient (Wildman–Crippen LogP) is 0.593. The zero-order chi connectivity index (χ0) is 25.4. The summed E-state index contributed by atoms with van der Waals surface area (Å²) in [5, 5.41) is 24.1. The van der Waals surface area contributed by atoms with Gasteiger partial charge in [0.2, 0.25) is 11.8 Å². The summed E-state index contributed by atoms with van der Waals surface area (Å²) in [5.41, 5.74) is 0.494. The predicted molar refractivity (Wildman–Crippen MR) is 122 cm³/mol. The van der Waals surface area contributed by atoms with Gasteiger partial charge >= 0.3 is 0 Å². The van der Waals surface area contributed by atoms with Crippen LogP contribution in [0.4, 0.5) is 4.39 Å². The molecular formula is C25H26FN3O7. The highest BCUT2D eigenvalue weighted by molar-refractivity contribution is 6.06. The third-order valence-corrected chi connectivity index (χ3v) is 6.71. The molecule has 0 bridgehead atoms. The maximum Gasteiger partial charge on any atom is 0.282 e. The van der Waals surface area contributed by atoms with Gasteiger partial charge < -0.3 is 19.7 Å². The second-order valence-corrected chi connectivity index (χ2v) is 9.02. The van der Waals surface area contributed by atoms with Crippen LogP contribution in [0.5, 0.6) is 5.75 Å². The standard InChI is InChI=1S/C25H26FN3O7/c26-22-15(13-28-9-11-35-12-10-28)3-1-4-16(22)14-36-19-6-2-5-17-21(19)25(33,34)29(24(17)32)18-7-8-20(30)27-23(18)31/h1-6,18,33-34H,7-14H2,(H,27,30,31). The van der Waals surface area contributed by atoms with E-state index in [2.05, 4.69) is 10.2 Å². The number of amides is 3. The Kier molecular flexibility index (Phi) is 6.47. The Balaban J connectivity index is 1.37. The first-order chi connectivity index (χ1) is 17.3. The van der Waals surface area contributed by atoms with Gasteiger partial charge in [0.1, 0.15) is 24.2 Å². The summed E-state index contributed by atoms with van der Waals surface area (Å²) in [7, 11) is 0. The van der Waals surface area contributed by atoms with Crippen molar-refractivity contribution in [3.63, 3.8) is 0 Å². The van der Waals surface area contributed by atoms with Crippen LogP contribution in [0.2, 0.25) is 0 Å². The zero-order valence-corrected chi connectivity index (χ0v) is 19.4. The number of hydrogen-bond donors (Lipinski definition) is 3. The van der Waals surface area contributed by atoms with Gasteiger partial charge in [-0.25, -0.2) is 4.39 Å². The third-order valence-electron chi connectivity index (χ3n) is 6.71. The molecule has 10 nitrogen and oxygen atoms in total. The lowest BCUT2D eigenvalue weighted by Gasteiger charge is -2.36. The second-order valence-electron chi connectivity index (χ2n) is 9.02. The van der Waals surface area contributed by atoms with Crippen molar-refractivity contribution in [1.82, 2.24) is 15.1 Å². The summed E-state index contributed by atoms with van der Waals surface area (Å²) < 4.78 is 26.4. The van der Waals surface area contributed by atoms with Crippen molar-refractivity contribution in [2.75, 3.05) is 26.3 Å². The van der Waals surface area contributed by atoms with E-state index >= 15 is 4.39 Å². The van der Waals surface area contributed by atoms with Gasteiger partial charge in [-0.1, -0.05) is 24.3 Å². The molecule has 1 atom stereocenters. The van der Waals surface area contributed by atoms with E-state index in [0.717, 1.165) is 0 Å². The molecule has 1 unspecified atom stereocenters. The molecule has 0 aliphatic carbocycles. The number of nitrogens with one attached hydrogen (secondary N) is 1. The van der Waals surface area contributed by atoms with E-state index in [-0.39, 0.29) is 41.9 Å². The average molecular weight is 499 g/mol. The van der Waals surface area contributed by atoms with E-state index in [1.807, 2.05) is 0 Å². The van der Waals surface area contributed by atoms with Gasteiger partial charge in [0, 0.05) is 37.2 Å². The highest BCUT2D eigenvalue weighted by atomic mass is 19.1. The highest BCUT2D eigenvalue weighted by Gasteiger charge is 2.55. The first-order valence-electron chi connectivity index (χ1n) is 11.7. The fourth-order valence-electron chi connectivity index (χ4n) is 4.88. The molecule has 0 radical (unpaired) electrons. The molecule has 3 N–H and O–H groups in total. The number of nitrogens with zero attached hydrogens (tertiary/aromatic N) is 2. The number of fused-ring (bicyclic) bond motifs is 1. The van der Waals surface area contributed by atoms with E-state index in [1.165, 1.54) is 18.2 Å². The molecule has 3 heterocycles. The minimum absolute atomic E-state index is 0.0290. The molecule has 2 aromatic rings. The molecule has 3 aliphatic rings. The number of imide groups is 1. The summed E-state index contributed by atoms with van der Waals surface area (Å²) in [6, 6.07) is 8.09. The maximum absolute atomic E-state index is 15.2. The number of aliphatic hydroxyl groups is 2. The van der Waals surface area contributed by atoms with Gasteiger partial charge in [0.15, 0.2) is 0 Å². The minimum atomic E-state index is -2.86. The van der Waals surface area contributed by atoms with Gasteiger partial charge in [-0.15, -0.1) is 0 Å². The quantitative estimate of drug-likeness (QED) is 0.389. The van der Waals surface area contributed by atoms with Crippen LogP contribution < -0.4 is 10.1 Å². The molecule has 3 aliphatic heterocycles. The molecular weight excluding hydrogens is 473 g/mol. The number of hydrogen-bond acceptors (Lipinski definition) is 8. The molecule has 3 amide bonds. The van der Waals surface area contributed by atoms with Crippen molar-refractivity contribution in [2.24, 2.45) is 0 Å². The van der Waals surface area contributed by atoms with Gasteiger partial charge in [0.25, 0.3) is 11.8 Å². The Morgan fingerprint density at radius 1 is 1.08 bits per heavy atom. The van der Waals surface area contributed by atoms with Crippen LogP contribution in [-0.2, 0) is 33.4 Å². The Morgan fingerprint density at radius 3 is 2.56 bits per heavy atom. The van der Waals surface area contributed by atoms with Crippen LogP contribution in [0.15, 0.2) is 36.4 Å². The Labute approximate surface area is 206 Å². The lowest BCUT2D eigenvalue weighted by molar-refractivity contribution is -0.260. The van der Waals surface area contributed by atoms with E-state index in [9.17, 15) is 24.6 Å². The first-order valence-corrected chi connectivity index (χ1v) is 11.7. The summed E-state index contributed by atoms with van der Waals surface area (Å²) in [5.74, 6) is -5.38. The first kappa shape index (κ1) is 24.3. The van der Waals surface area contributed by atoms with Gasteiger partial charge in [-0.05, 0) is 18.6 Å². The van der Waals surface area contributed by atoms with Crippen molar-refractivity contribution in [2.45, 2.75) is 37.9 Å². The van der Waals surface area contributed by atoms with Crippen LogP contribution >= 0.6 is 0 Å². The molecule has 2 saturated heterocycles. The topological polar surface area (TPSA) is 129 Å². The van der Waals surface area contributed by atoms with Crippen LogP contribution in [0, 0.1) is 5.82 Å². The number of ether oxygens (including phenoxy) is 2. The summed E-state index contributed by atoms with van der Waals surface area (Å²) in [4.78, 5) is 39.7. The summed E-state index contributed by atoms with van der Waals surface area (Å²) in [6.45, 7) is 2.83. The zero-order valence-electron chi connectivity index (χ0n) is 19.4. The Morgan fingerprint density at radius 2 is 1.81 bits per heavy atom. The van der Waals surface area contributed by atoms with Crippen molar-refractivity contribution in [3.8, 4) is 5.75 Å². The lowest BCUT2D eigenvalue weighted by Crippen LogP contribution is -2.58. The van der Waals surface area contributed by atoms with Gasteiger partial charge in [0.05, 0.1) is 24.3 Å². The van der Waals surface area contributed by atoms with Crippen LogP contribution in [-0.4, -0.2) is 70.1 Å². The minimum Gasteiger partial charge on any atom is -0.488 e. The monoisotopic (exact) mass is 499 g/mol. The van der Waals surface area contributed by atoms with Gasteiger partial charge in [-0.3, -0.25) is 29.5 Å². The summed E-state index contributed by atoms with van der Waals surface area (Å²) in [6.07, 6.45) is -0.0966. The smallest absolute Gasteiger partial charge is 0.282 e. The Hall–Kier alpha value is -3.38. The summed E-state index contributed by atoms with van der Waals surface area (Å²) >= 11 is 0. The Bertz CT molecular complexity index is 1210. The number of carbonyl (C=O) groups excluding carboxylic acids is 3. The fraction of sp³-hybridized carbons (Fsp3) is 0.400. The van der Waals surface area contributed by atoms with Crippen LogP contribution in [0.1, 0.15) is 39.9 Å². The third kappa shape index (κ3) is 4.35. The molecule has 5 rings (SSSR count). The lowest BCUT2D eigenvalue weighted by atomic mass is 10.0. The number of benzene rings is 2. The van der Waals surface area contributed by atoms with Crippen molar-refractivity contribution in [3.05, 3.63) is 64.5 Å². The number of carbonyl (C=O) groups is 3. The molecule has 0 spiro atoms. The van der Waals surface area contributed by atoms with Crippen molar-refractivity contribution >= 4 is 17.7 Å². The normalized spacial score (nSPS) is 21.9. The van der Waals surface area contributed by atoms with Crippen LogP contribution in [0.3, 0.4) is 0 Å². The molecule has 11 heteroatoms. The van der Waals surface area contributed by atoms with E-state index in [4.69, 9.17) is 9.47 Å². The van der Waals surface area contributed by atoms with Crippen molar-refractivity contribution < 1.29 is 38.5 Å². The van der Waals surface area contributed by atoms with Crippen LogP contribution in [0.25, 0.3) is 0 Å². The second kappa shape index (κ2) is 9.58. The largest absolute Gasteiger partial charge is 0.488 e. The van der Waals surface area contributed by atoms with Gasteiger partial charge in [-0.2, -0.15) is 0 Å². The van der Waals surface area contributed by atoms with Crippen molar-refractivity contribution in [1.29, 1.82) is 0 Å².